The molecule has 20 heavy (non-hydrogen) atoms. The number of nitrogens with two attached hydrogens (primary N) is 1. The monoisotopic (exact) mass is 356 g/mol. The Morgan fingerprint density at radius 3 is 2.60 bits per heavy atom. The van der Waals surface area contributed by atoms with Gasteiger partial charge >= 0.3 is 0 Å². The number of rotatable bonds is 4. The maximum Gasteiger partial charge on any atom is 0.261 e. The predicted octanol–water partition coefficient (Wildman–Crippen LogP) is 2.84. The van der Waals surface area contributed by atoms with E-state index in [2.05, 4.69) is 20.7 Å². The van der Waals surface area contributed by atoms with Gasteiger partial charge in [-0.2, -0.15) is 0 Å². The zero-order valence-electron chi connectivity index (χ0n) is 10.6. The van der Waals surface area contributed by atoms with Gasteiger partial charge in [0.25, 0.3) is 10.0 Å². The molecule has 0 aliphatic heterocycles. The molecule has 0 aliphatic carbocycles. The van der Waals surface area contributed by atoms with E-state index in [-0.39, 0.29) is 4.90 Å². The summed E-state index contributed by atoms with van der Waals surface area (Å²) in [6.07, 6.45) is 0. The molecule has 0 saturated carbocycles. The summed E-state index contributed by atoms with van der Waals surface area (Å²) in [6, 6.07) is 11.1. The van der Waals surface area contributed by atoms with Crippen molar-refractivity contribution in [3.8, 4) is 5.75 Å². The molecule has 0 saturated heterocycles. The van der Waals surface area contributed by atoms with Gasteiger partial charge in [-0.1, -0.05) is 22.0 Å². The molecular formula is C13H13BrN2O3S. The molecular weight excluding hydrogens is 344 g/mol. The first kappa shape index (κ1) is 14.7. The molecule has 0 unspecified atom stereocenters. The first-order valence-corrected chi connectivity index (χ1v) is 7.91. The van der Waals surface area contributed by atoms with Crippen molar-refractivity contribution in [2.45, 2.75) is 4.90 Å². The van der Waals surface area contributed by atoms with Crippen LogP contribution in [0.3, 0.4) is 0 Å². The van der Waals surface area contributed by atoms with Gasteiger partial charge in [-0.25, -0.2) is 8.42 Å². The molecule has 0 fully saturated rings. The van der Waals surface area contributed by atoms with Crippen molar-refractivity contribution >= 4 is 37.3 Å². The summed E-state index contributed by atoms with van der Waals surface area (Å²) < 4.78 is 32.8. The summed E-state index contributed by atoms with van der Waals surface area (Å²) >= 11 is 3.29. The lowest BCUT2D eigenvalue weighted by Gasteiger charge is -2.10. The van der Waals surface area contributed by atoms with E-state index in [4.69, 9.17) is 10.5 Å². The van der Waals surface area contributed by atoms with Crippen molar-refractivity contribution in [1.82, 2.24) is 0 Å². The molecule has 0 heterocycles. The van der Waals surface area contributed by atoms with E-state index in [0.717, 1.165) is 0 Å². The SMILES string of the molecule is COc1cc(Br)cc(NS(=O)(=O)c2cccc(N)c2)c1. The quantitative estimate of drug-likeness (QED) is 0.825. The van der Waals surface area contributed by atoms with Gasteiger partial charge in [0.05, 0.1) is 17.7 Å². The number of methoxy groups -OCH3 is 1. The van der Waals surface area contributed by atoms with E-state index in [1.165, 1.54) is 19.2 Å². The van der Waals surface area contributed by atoms with Crippen LogP contribution >= 0.6 is 15.9 Å². The van der Waals surface area contributed by atoms with Gasteiger partial charge in [0.15, 0.2) is 0 Å². The lowest BCUT2D eigenvalue weighted by atomic mass is 10.3. The average molecular weight is 357 g/mol. The molecule has 0 amide bonds. The van der Waals surface area contributed by atoms with Gasteiger partial charge in [0, 0.05) is 16.2 Å². The van der Waals surface area contributed by atoms with Crippen molar-refractivity contribution in [2.75, 3.05) is 17.6 Å². The molecule has 0 atom stereocenters. The molecule has 2 aromatic rings. The molecule has 7 heteroatoms. The summed E-state index contributed by atoms with van der Waals surface area (Å²) in [7, 11) is -2.17. The number of sulfonamides is 1. The number of hydrogen-bond acceptors (Lipinski definition) is 4. The number of hydrogen-bond donors (Lipinski definition) is 2. The van der Waals surface area contributed by atoms with Gasteiger partial charge in [-0.05, 0) is 30.3 Å². The number of benzene rings is 2. The van der Waals surface area contributed by atoms with E-state index in [9.17, 15) is 8.42 Å². The van der Waals surface area contributed by atoms with Crippen molar-refractivity contribution in [3.05, 3.63) is 46.9 Å². The first-order chi connectivity index (χ1) is 9.40. The summed E-state index contributed by atoms with van der Waals surface area (Å²) in [4.78, 5) is 0.108. The second kappa shape index (κ2) is 5.72. The topological polar surface area (TPSA) is 81.4 Å². The Balaban J connectivity index is 2.35. The molecule has 106 valence electrons. The van der Waals surface area contributed by atoms with Crippen LogP contribution in [0.15, 0.2) is 51.8 Å². The van der Waals surface area contributed by atoms with Crippen LogP contribution < -0.4 is 15.2 Å². The summed E-state index contributed by atoms with van der Waals surface area (Å²) in [5.41, 5.74) is 6.39. The summed E-state index contributed by atoms with van der Waals surface area (Å²) in [6.45, 7) is 0. The predicted molar refractivity (Wildman–Crippen MR) is 82.4 cm³/mol. The molecule has 5 nitrogen and oxygen atoms in total. The molecule has 3 N–H and O–H groups in total. The van der Waals surface area contributed by atoms with Crippen molar-refractivity contribution in [3.63, 3.8) is 0 Å². The second-order valence-electron chi connectivity index (χ2n) is 4.06. The van der Waals surface area contributed by atoms with E-state index in [1.807, 2.05) is 0 Å². The highest BCUT2D eigenvalue weighted by Crippen LogP contribution is 2.26. The standard InChI is InChI=1S/C13H13BrN2O3S/c1-19-12-6-9(14)5-11(8-12)16-20(17,18)13-4-2-3-10(15)7-13/h2-8,16H,15H2,1H3. The first-order valence-electron chi connectivity index (χ1n) is 5.64. The smallest absolute Gasteiger partial charge is 0.261 e. The van der Waals surface area contributed by atoms with E-state index in [1.54, 1.807) is 30.3 Å². The minimum absolute atomic E-state index is 0.108. The Bertz CT molecular complexity index is 732. The third-order valence-corrected chi connectivity index (χ3v) is 4.36. The molecule has 0 bridgehead atoms. The normalized spacial score (nSPS) is 11.1. The summed E-state index contributed by atoms with van der Waals surface area (Å²) in [5, 5.41) is 0. The minimum atomic E-state index is -3.68. The fourth-order valence-corrected chi connectivity index (χ4v) is 3.20. The minimum Gasteiger partial charge on any atom is -0.497 e. The van der Waals surface area contributed by atoms with Crippen molar-refractivity contribution in [1.29, 1.82) is 0 Å². The lowest BCUT2D eigenvalue weighted by Crippen LogP contribution is -2.13. The highest BCUT2D eigenvalue weighted by Gasteiger charge is 2.15. The van der Waals surface area contributed by atoms with Crippen LogP contribution in [0.4, 0.5) is 11.4 Å². The molecule has 2 rings (SSSR count). The fraction of sp³-hybridized carbons (Fsp3) is 0.0769. The second-order valence-corrected chi connectivity index (χ2v) is 6.66. The Kier molecular flexibility index (Phi) is 4.20. The van der Waals surface area contributed by atoms with Crippen LogP contribution in [0.1, 0.15) is 0 Å². The highest BCUT2D eigenvalue weighted by molar-refractivity contribution is 9.10. The van der Waals surface area contributed by atoms with Crippen LogP contribution in [0.2, 0.25) is 0 Å². The van der Waals surface area contributed by atoms with Crippen LogP contribution in [-0.4, -0.2) is 15.5 Å². The van der Waals surface area contributed by atoms with E-state index >= 15 is 0 Å². The highest BCUT2D eigenvalue weighted by atomic mass is 79.9. The maximum absolute atomic E-state index is 12.2. The number of nitrogens with one attached hydrogen (secondary N) is 1. The third kappa shape index (κ3) is 3.43. The van der Waals surface area contributed by atoms with Crippen molar-refractivity contribution in [2.24, 2.45) is 0 Å². The van der Waals surface area contributed by atoms with Gasteiger partial charge in [-0.15, -0.1) is 0 Å². The van der Waals surface area contributed by atoms with Crippen LogP contribution in [0, 0.1) is 0 Å². The summed E-state index contributed by atoms with van der Waals surface area (Å²) in [5.74, 6) is 0.546. The lowest BCUT2D eigenvalue weighted by molar-refractivity contribution is 0.415. The molecule has 0 aromatic heterocycles. The van der Waals surface area contributed by atoms with Gasteiger partial charge in [0.1, 0.15) is 5.75 Å². The number of ether oxygens (including phenoxy) is 1. The van der Waals surface area contributed by atoms with Crippen LogP contribution in [0.5, 0.6) is 5.75 Å². The Morgan fingerprint density at radius 2 is 1.95 bits per heavy atom. The fourth-order valence-electron chi connectivity index (χ4n) is 1.64. The number of anilines is 2. The van der Waals surface area contributed by atoms with E-state index in [0.29, 0.717) is 21.6 Å². The van der Waals surface area contributed by atoms with Crippen molar-refractivity contribution < 1.29 is 13.2 Å². The molecule has 2 aromatic carbocycles. The number of halogens is 1. The van der Waals surface area contributed by atoms with Crippen LogP contribution in [0.25, 0.3) is 0 Å². The Labute approximate surface area is 125 Å². The molecule has 0 aliphatic rings. The van der Waals surface area contributed by atoms with Gasteiger partial charge in [-0.3, -0.25) is 4.72 Å². The molecule has 0 spiro atoms. The zero-order chi connectivity index (χ0) is 14.8. The Hall–Kier alpha value is -1.73. The number of nitrogen functional groups attached to an aromatic ring is 1. The maximum atomic E-state index is 12.2. The third-order valence-electron chi connectivity index (χ3n) is 2.53. The van der Waals surface area contributed by atoms with Crippen LogP contribution in [-0.2, 0) is 10.0 Å². The zero-order valence-corrected chi connectivity index (χ0v) is 13.0. The average Bonchev–Trinajstić information content (AvgIpc) is 2.37. The largest absolute Gasteiger partial charge is 0.497 e. The van der Waals surface area contributed by atoms with Gasteiger partial charge in [0.2, 0.25) is 0 Å². The Morgan fingerprint density at radius 1 is 1.20 bits per heavy atom. The van der Waals surface area contributed by atoms with E-state index < -0.39 is 10.0 Å². The molecule has 0 radical (unpaired) electrons. The van der Waals surface area contributed by atoms with Gasteiger partial charge < -0.3 is 10.5 Å².